The van der Waals surface area contributed by atoms with Crippen LogP contribution in [-0.2, 0) is 27.0 Å². The third kappa shape index (κ3) is 6.41. The number of alkyl halides is 5. The van der Waals surface area contributed by atoms with E-state index < -0.39 is 49.0 Å². The Morgan fingerprint density at radius 2 is 1.85 bits per heavy atom. The lowest BCUT2D eigenvalue weighted by atomic mass is 9.97. The van der Waals surface area contributed by atoms with Crippen molar-refractivity contribution in [2.24, 2.45) is 5.92 Å². The highest BCUT2D eigenvalue weighted by Crippen LogP contribution is 2.50. The van der Waals surface area contributed by atoms with Crippen molar-refractivity contribution in [3.05, 3.63) is 70.5 Å². The summed E-state index contributed by atoms with van der Waals surface area (Å²) in [6, 6.07) is 8.28. The summed E-state index contributed by atoms with van der Waals surface area (Å²) in [5, 5.41) is 0. The normalized spacial score (nSPS) is 23.3. The molecule has 1 unspecified atom stereocenters. The fourth-order valence-corrected chi connectivity index (χ4v) is 6.26. The topological polar surface area (TPSA) is 94.1 Å². The molecule has 2 aliphatic heterocycles. The number of rotatable bonds is 9. The molecule has 47 heavy (non-hydrogen) atoms. The van der Waals surface area contributed by atoms with Crippen LogP contribution < -0.4 is 9.64 Å². The Balaban J connectivity index is 1.35. The maximum Gasteiger partial charge on any atom is 0.416 e. The zero-order valence-corrected chi connectivity index (χ0v) is 26.1. The van der Waals surface area contributed by atoms with Crippen LogP contribution in [0.15, 0.2) is 42.6 Å². The summed E-state index contributed by atoms with van der Waals surface area (Å²) in [7, 11) is 1.48. The molecule has 1 amide bonds. The van der Waals surface area contributed by atoms with Gasteiger partial charge in [0.2, 0.25) is 5.95 Å². The first-order valence-electron chi connectivity index (χ1n) is 15.2. The molecule has 0 spiro atoms. The number of halogens is 5. The molecule has 3 aromatic rings. The van der Waals surface area contributed by atoms with Gasteiger partial charge in [0.05, 0.1) is 56.6 Å². The number of esters is 1. The molecule has 1 aliphatic carbocycles. The van der Waals surface area contributed by atoms with Gasteiger partial charge in [-0.3, -0.25) is 9.69 Å². The van der Waals surface area contributed by atoms with Crippen LogP contribution in [0.5, 0.6) is 5.75 Å². The number of methoxy groups -OCH3 is 1. The van der Waals surface area contributed by atoms with Gasteiger partial charge in [-0.1, -0.05) is 17.7 Å². The Morgan fingerprint density at radius 1 is 1.11 bits per heavy atom. The van der Waals surface area contributed by atoms with E-state index in [-0.39, 0.29) is 42.5 Å². The van der Waals surface area contributed by atoms with Gasteiger partial charge in [0.25, 0.3) is 5.92 Å². The van der Waals surface area contributed by atoms with Crippen LogP contribution in [0.1, 0.15) is 60.2 Å². The summed E-state index contributed by atoms with van der Waals surface area (Å²) < 4.78 is 84.7. The Morgan fingerprint density at radius 3 is 2.51 bits per heavy atom. The zero-order chi connectivity index (χ0) is 33.8. The summed E-state index contributed by atoms with van der Waals surface area (Å²) >= 11 is 0. The molecule has 14 heteroatoms. The van der Waals surface area contributed by atoms with Crippen molar-refractivity contribution >= 4 is 18.0 Å². The first kappa shape index (κ1) is 32.5. The van der Waals surface area contributed by atoms with E-state index in [0.29, 0.717) is 34.6 Å². The highest BCUT2D eigenvalue weighted by Gasteiger charge is 2.47. The van der Waals surface area contributed by atoms with E-state index in [2.05, 4.69) is 9.97 Å². The second-order valence-corrected chi connectivity index (χ2v) is 12.2. The van der Waals surface area contributed by atoms with Crippen LogP contribution in [0, 0.1) is 12.8 Å². The summed E-state index contributed by atoms with van der Waals surface area (Å²) in [6.45, 7) is 3.91. The van der Waals surface area contributed by atoms with E-state index in [1.807, 2.05) is 12.1 Å². The van der Waals surface area contributed by atoms with E-state index in [1.54, 1.807) is 26.0 Å². The minimum Gasteiger partial charge on any atom is -0.496 e. The van der Waals surface area contributed by atoms with Gasteiger partial charge in [-0.25, -0.2) is 23.5 Å². The molecule has 3 heterocycles. The van der Waals surface area contributed by atoms with E-state index in [0.717, 1.165) is 17.7 Å². The van der Waals surface area contributed by atoms with Gasteiger partial charge in [0.15, 0.2) is 0 Å². The molecule has 1 saturated carbocycles. The van der Waals surface area contributed by atoms with Gasteiger partial charge in [0, 0.05) is 17.3 Å². The van der Waals surface area contributed by atoms with E-state index in [9.17, 15) is 31.5 Å². The molecular formula is C33H33F5N4O5. The van der Waals surface area contributed by atoms with Crippen molar-refractivity contribution in [2.75, 3.05) is 31.7 Å². The number of carbonyl (C=O) groups is 2. The molecule has 0 radical (unpaired) electrons. The predicted octanol–water partition coefficient (Wildman–Crippen LogP) is 6.68. The van der Waals surface area contributed by atoms with Crippen molar-refractivity contribution in [1.29, 1.82) is 0 Å². The Bertz CT molecular complexity index is 1710. The third-order valence-corrected chi connectivity index (χ3v) is 8.77. The average molecular weight is 661 g/mol. The second kappa shape index (κ2) is 11.9. The molecule has 4 atom stereocenters. The smallest absolute Gasteiger partial charge is 0.416 e. The number of benzene rings is 2. The monoisotopic (exact) mass is 660 g/mol. The van der Waals surface area contributed by atoms with Gasteiger partial charge in [-0.15, -0.1) is 0 Å². The Labute approximate surface area is 267 Å². The van der Waals surface area contributed by atoms with Crippen molar-refractivity contribution in [1.82, 2.24) is 14.9 Å². The summed E-state index contributed by atoms with van der Waals surface area (Å²) in [5.74, 6) is -3.02. The predicted molar refractivity (Wildman–Crippen MR) is 159 cm³/mol. The van der Waals surface area contributed by atoms with Crippen molar-refractivity contribution in [2.45, 2.75) is 63.9 Å². The number of hydrogen-bond acceptors (Lipinski definition) is 8. The minimum atomic E-state index is -4.59. The first-order valence-corrected chi connectivity index (χ1v) is 15.2. The number of anilines is 1. The van der Waals surface area contributed by atoms with Gasteiger partial charge in [-0.2, -0.15) is 13.2 Å². The fourth-order valence-electron chi connectivity index (χ4n) is 6.26. The number of nitrogens with zero attached hydrogens (tertiary/aromatic N) is 4. The van der Waals surface area contributed by atoms with Gasteiger partial charge in [0.1, 0.15) is 11.9 Å². The zero-order valence-electron chi connectivity index (χ0n) is 26.1. The molecule has 6 rings (SSSR count). The Hall–Kier alpha value is -4.49. The number of carbonyl (C=O) groups excluding carboxylic acids is 2. The molecule has 3 aliphatic rings. The van der Waals surface area contributed by atoms with Crippen LogP contribution in [0.3, 0.4) is 0 Å². The van der Waals surface area contributed by atoms with Crippen LogP contribution in [-0.4, -0.2) is 65.7 Å². The van der Waals surface area contributed by atoms with E-state index >= 15 is 0 Å². The SMILES string of the molecule is CCOC(=O)[C@@H]1CC1c1ccc(OC)c(-c2cnc(N3CC(F)(F)C3)nc2CN2C(=O)O[C@H](c3cc(C)cc(C(F)(F)F)c3)[C@@H]2C)c1. The maximum absolute atomic E-state index is 13.8. The van der Waals surface area contributed by atoms with Crippen molar-refractivity contribution in [3.63, 3.8) is 0 Å². The van der Waals surface area contributed by atoms with Crippen molar-refractivity contribution < 1.29 is 45.8 Å². The molecule has 9 nitrogen and oxygen atoms in total. The lowest BCUT2D eigenvalue weighted by Gasteiger charge is -2.38. The van der Waals surface area contributed by atoms with Gasteiger partial charge < -0.3 is 19.1 Å². The van der Waals surface area contributed by atoms with E-state index in [4.69, 9.17) is 14.2 Å². The van der Waals surface area contributed by atoms with E-state index in [1.165, 1.54) is 30.0 Å². The molecule has 3 fully saturated rings. The largest absolute Gasteiger partial charge is 0.496 e. The lowest BCUT2D eigenvalue weighted by Crippen LogP contribution is -2.57. The molecule has 2 aromatic carbocycles. The molecular weight excluding hydrogens is 627 g/mol. The fraction of sp³-hybridized carbons (Fsp3) is 0.455. The highest BCUT2D eigenvalue weighted by molar-refractivity contribution is 5.79. The van der Waals surface area contributed by atoms with Crippen LogP contribution in [0.4, 0.5) is 32.7 Å². The molecule has 250 valence electrons. The average Bonchev–Trinajstić information content (AvgIpc) is 3.76. The summed E-state index contributed by atoms with van der Waals surface area (Å²) in [6.07, 6.45) is -4.27. The number of hydrogen-bond donors (Lipinski definition) is 0. The molecule has 0 N–H and O–H groups in total. The summed E-state index contributed by atoms with van der Waals surface area (Å²) in [4.78, 5) is 37.2. The molecule has 2 saturated heterocycles. The van der Waals surface area contributed by atoms with Crippen molar-refractivity contribution in [3.8, 4) is 16.9 Å². The number of amides is 1. The molecule has 0 bridgehead atoms. The first-order chi connectivity index (χ1) is 22.2. The number of ether oxygens (including phenoxy) is 3. The third-order valence-electron chi connectivity index (χ3n) is 8.77. The second-order valence-electron chi connectivity index (χ2n) is 12.2. The van der Waals surface area contributed by atoms with Crippen LogP contribution in [0.25, 0.3) is 11.1 Å². The number of aromatic nitrogens is 2. The lowest BCUT2D eigenvalue weighted by molar-refractivity contribution is -0.144. The molecule has 1 aromatic heterocycles. The van der Waals surface area contributed by atoms with Gasteiger partial charge >= 0.3 is 18.2 Å². The highest BCUT2D eigenvalue weighted by atomic mass is 19.4. The van der Waals surface area contributed by atoms with Gasteiger partial charge in [-0.05, 0) is 68.5 Å². The summed E-state index contributed by atoms with van der Waals surface area (Å²) in [5.41, 5.74) is 1.86. The number of cyclic esters (lactones) is 1. The van der Waals surface area contributed by atoms with Crippen LogP contribution in [0.2, 0.25) is 0 Å². The minimum absolute atomic E-state index is 0.0413. The quantitative estimate of drug-likeness (QED) is 0.185. The van der Waals surface area contributed by atoms with Crippen LogP contribution >= 0.6 is 0 Å². The standard InChI is InChI=1S/C33H33F5N4O5/c1-5-46-29(43)24-12-22(24)19-6-7-27(45-4)23(11-19)25-13-39-30(41-15-32(34,35)16-41)40-26(25)14-42-18(3)28(47-31(42)44)20-8-17(2)9-21(10-20)33(36,37)38/h6-11,13,18,22,24,28H,5,12,14-16H2,1-4H3/t18-,22?,24+,28-/m0/s1. The Kier molecular flexibility index (Phi) is 8.25. The number of aryl methyl sites for hydroxylation is 1. The maximum atomic E-state index is 13.8.